The molecule has 0 aliphatic heterocycles. The molecular weight excluding hydrogens is 457 g/mol. The Balaban J connectivity index is 0.00000261. The summed E-state index contributed by atoms with van der Waals surface area (Å²) in [6.45, 7) is 1.44. The lowest BCUT2D eigenvalue weighted by Crippen LogP contribution is -2.23. The van der Waals surface area contributed by atoms with Crippen LogP contribution in [-0.2, 0) is 6.54 Å². The second-order valence-electron chi connectivity index (χ2n) is 5.74. The summed E-state index contributed by atoms with van der Waals surface area (Å²) in [6, 6.07) is 13.5. The number of fused-ring (bicyclic) bond motifs is 1. The van der Waals surface area contributed by atoms with Crippen LogP contribution in [0.3, 0.4) is 0 Å². The molecule has 2 aromatic carbocycles. The van der Waals surface area contributed by atoms with Crippen LogP contribution in [0.2, 0.25) is 0 Å². The number of rotatable bonds is 7. The molecule has 0 saturated carbocycles. The highest BCUT2D eigenvalue weighted by Crippen LogP contribution is 2.28. The summed E-state index contributed by atoms with van der Waals surface area (Å²) < 4.78 is 12.7. The predicted molar refractivity (Wildman–Crippen MR) is 119 cm³/mol. The number of methoxy groups -OCH3 is 2. The second-order valence-corrected chi connectivity index (χ2v) is 5.74. The first-order valence-corrected chi connectivity index (χ1v) is 8.40. The number of benzene rings is 2. The van der Waals surface area contributed by atoms with Gasteiger partial charge in [-0.25, -0.2) is 4.98 Å². The monoisotopic (exact) mass is 481 g/mol. The largest absolute Gasteiger partial charge is 0.497 e. The van der Waals surface area contributed by atoms with Crippen LogP contribution in [0, 0.1) is 0 Å². The third kappa shape index (κ3) is 5.25. The summed E-state index contributed by atoms with van der Waals surface area (Å²) in [5.74, 6) is 1.73. The lowest BCUT2D eigenvalue weighted by molar-refractivity contribution is 0.405. The van der Waals surface area contributed by atoms with Crippen LogP contribution in [0.4, 0.5) is 5.69 Å². The molecule has 0 aliphatic rings. The lowest BCUT2D eigenvalue weighted by Gasteiger charge is -2.12. The highest BCUT2D eigenvalue weighted by atomic mass is 127. The third-order valence-corrected chi connectivity index (χ3v) is 4.04. The Bertz CT molecular complexity index is 910. The lowest BCUT2D eigenvalue weighted by atomic mass is 10.2. The van der Waals surface area contributed by atoms with E-state index in [1.165, 1.54) is 0 Å². The summed E-state index contributed by atoms with van der Waals surface area (Å²) in [4.78, 5) is 8.77. The van der Waals surface area contributed by atoms with E-state index in [1.807, 2.05) is 42.7 Å². The number of anilines is 1. The Labute approximate surface area is 175 Å². The van der Waals surface area contributed by atoms with Gasteiger partial charge >= 0.3 is 0 Å². The van der Waals surface area contributed by atoms with Crippen LogP contribution >= 0.6 is 24.0 Å². The zero-order chi connectivity index (χ0) is 18.4. The maximum absolute atomic E-state index is 5.99. The molecule has 0 saturated heterocycles. The molecule has 27 heavy (non-hydrogen) atoms. The number of aliphatic imine (C=N–C) groups is 1. The molecule has 0 aliphatic carbocycles. The standard InChI is InChI=1S/C19H23N5O2.HI/c1-25-14-8-9-18(26-2)16(12-14)23-19(20)21-10-5-11-24-13-22-15-6-3-4-7-17(15)24;/h3-4,6-9,12-13H,5,10-11H2,1-2H3,(H3,20,21,23);1H. The van der Waals surface area contributed by atoms with Crippen molar-refractivity contribution in [1.29, 1.82) is 0 Å². The highest BCUT2D eigenvalue weighted by molar-refractivity contribution is 14.0. The number of guanidine groups is 1. The zero-order valence-corrected chi connectivity index (χ0v) is 17.7. The molecule has 1 aromatic heterocycles. The van der Waals surface area contributed by atoms with E-state index in [0.29, 0.717) is 29.7 Å². The molecule has 0 radical (unpaired) electrons. The van der Waals surface area contributed by atoms with Crippen molar-refractivity contribution < 1.29 is 9.47 Å². The molecule has 0 bridgehead atoms. The minimum atomic E-state index is 0. The van der Waals surface area contributed by atoms with Crippen LogP contribution in [0.1, 0.15) is 6.42 Å². The van der Waals surface area contributed by atoms with Gasteiger partial charge in [-0.3, -0.25) is 4.99 Å². The van der Waals surface area contributed by atoms with Crippen molar-refractivity contribution in [2.75, 3.05) is 26.1 Å². The maximum Gasteiger partial charge on any atom is 0.193 e. The molecule has 0 unspecified atom stereocenters. The van der Waals surface area contributed by atoms with E-state index >= 15 is 0 Å². The normalized spacial score (nSPS) is 11.1. The first kappa shape index (κ1) is 20.8. The number of nitrogens with zero attached hydrogens (tertiary/aromatic N) is 3. The maximum atomic E-state index is 5.99. The van der Waals surface area contributed by atoms with Crippen LogP contribution in [0.5, 0.6) is 11.5 Å². The average molecular weight is 481 g/mol. The van der Waals surface area contributed by atoms with Gasteiger partial charge in [-0.2, -0.15) is 0 Å². The zero-order valence-electron chi connectivity index (χ0n) is 15.4. The minimum Gasteiger partial charge on any atom is -0.497 e. The van der Waals surface area contributed by atoms with Crippen molar-refractivity contribution >= 4 is 46.7 Å². The SMILES string of the molecule is COc1ccc(OC)c(NC(N)=NCCCn2cnc3ccccc32)c1.I. The quantitative estimate of drug-likeness (QED) is 0.234. The molecule has 3 aromatic rings. The Morgan fingerprint density at radius 1 is 1.19 bits per heavy atom. The number of imidazole rings is 1. The molecule has 1 heterocycles. The topological polar surface area (TPSA) is 86.7 Å². The van der Waals surface area contributed by atoms with Gasteiger partial charge in [0.15, 0.2) is 5.96 Å². The fraction of sp³-hybridized carbons (Fsp3) is 0.263. The Morgan fingerprint density at radius 3 is 2.78 bits per heavy atom. The Morgan fingerprint density at radius 2 is 2.00 bits per heavy atom. The fourth-order valence-electron chi connectivity index (χ4n) is 2.72. The number of hydrogen-bond donors (Lipinski definition) is 2. The predicted octanol–water partition coefficient (Wildman–Crippen LogP) is 3.49. The van der Waals surface area contributed by atoms with Gasteiger partial charge in [0.25, 0.3) is 0 Å². The van der Waals surface area contributed by atoms with Crippen molar-refractivity contribution in [3.63, 3.8) is 0 Å². The van der Waals surface area contributed by atoms with E-state index < -0.39 is 0 Å². The number of aryl methyl sites for hydroxylation is 1. The second kappa shape index (κ2) is 10.0. The van der Waals surface area contributed by atoms with Gasteiger partial charge in [0.2, 0.25) is 0 Å². The van der Waals surface area contributed by atoms with Crippen molar-refractivity contribution in [3.05, 3.63) is 48.8 Å². The molecular formula is C19H24IN5O2. The Hall–Kier alpha value is -2.49. The van der Waals surface area contributed by atoms with Crippen LogP contribution < -0.4 is 20.5 Å². The van der Waals surface area contributed by atoms with E-state index in [4.69, 9.17) is 15.2 Å². The number of nitrogens with one attached hydrogen (secondary N) is 1. The summed E-state index contributed by atoms with van der Waals surface area (Å²) in [5, 5.41) is 3.06. The number of nitrogens with two attached hydrogens (primary N) is 1. The van der Waals surface area contributed by atoms with Gasteiger partial charge in [0.05, 0.1) is 37.3 Å². The highest BCUT2D eigenvalue weighted by Gasteiger charge is 2.06. The van der Waals surface area contributed by atoms with Gasteiger partial charge in [-0.1, -0.05) is 12.1 Å². The molecule has 0 fully saturated rings. The number of hydrogen-bond acceptors (Lipinski definition) is 4. The molecule has 144 valence electrons. The fourth-order valence-corrected chi connectivity index (χ4v) is 2.72. The van der Waals surface area contributed by atoms with Crippen LogP contribution in [0.15, 0.2) is 53.8 Å². The van der Waals surface area contributed by atoms with Crippen molar-refractivity contribution in [2.24, 2.45) is 10.7 Å². The van der Waals surface area contributed by atoms with Crippen LogP contribution in [0.25, 0.3) is 11.0 Å². The van der Waals surface area contributed by atoms with E-state index in [1.54, 1.807) is 14.2 Å². The summed E-state index contributed by atoms with van der Waals surface area (Å²) in [6.07, 6.45) is 2.72. The molecule has 3 N–H and O–H groups in total. The Kier molecular flexibility index (Phi) is 7.71. The molecule has 0 amide bonds. The molecule has 7 nitrogen and oxygen atoms in total. The first-order chi connectivity index (χ1) is 12.7. The van der Waals surface area contributed by atoms with Gasteiger partial charge in [-0.05, 0) is 30.7 Å². The van der Waals surface area contributed by atoms with E-state index in [2.05, 4.69) is 25.9 Å². The summed E-state index contributed by atoms with van der Waals surface area (Å²) in [7, 11) is 3.22. The number of para-hydroxylation sites is 2. The minimum absolute atomic E-state index is 0. The van der Waals surface area contributed by atoms with Gasteiger partial charge in [0, 0.05) is 19.2 Å². The van der Waals surface area contributed by atoms with Crippen molar-refractivity contribution in [2.45, 2.75) is 13.0 Å². The van der Waals surface area contributed by atoms with E-state index in [9.17, 15) is 0 Å². The van der Waals surface area contributed by atoms with Gasteiger partial charge < -0.3 is 25.1 Å². The van der Waals surface area contributed by atoms with Gasteiger partial charge in [-0.15, -0.1) is 24.0 Å². The summed E-state index contributed by atoms with van der Waals surface area (Å²) in [5.41, 5.74) is 8.84. The number of halogens is 1. The average Bonchev–Trinajstić information content (AvgIpc) is 3.08. The molecule has 0 spiro atoms. The van der Waals surface area contributed by atoms with E-state index in [0.717, 1.165) is 24.0 Å². The number of aromatic nitrogens is 2. The summed E-state index contributed by atoms with van der Waals surface area (Å²) >= 11 is 0. The molecule has 3 rings (SSSR count). The molecule has 8 heteroatoms. The van der Waals surface area contributed by atoms with Gasteiger partial charge in [0.1, 0.15) is 11.5 Å². The van der Waals surface area contributed by atoms with Crippen LogP contribution in [-0.4, -0.2) is 36.3 Å². The van der Waals surface area contributed by atoms with Crippen molar-refractivity contribution in [3.8, 4) is 11.5 Å². The first-order valence-electron chi connectivity index (χ1n) is 8.40. The number of ether oxygens (including phenoxy) is 2. The third-order valence-electron chi connectivity index (χ3n) is 4.04. The van der Waals surface area contributed by atoms with E-state index in [-0.39, 0.29) is 24.0 Å². The van der Waals surface area contributed by atoms with Crippen molar-refractivity contribution in [1.82, 2.24) is 9.55 Å². The smallest absolute Gasteiger partial charge is 0.193 e. The molecule has 0 atom stereocenters.